The third-order valence-electron chi connectivity index (χ3n) is 4.41. The van der Waals surface area contributed by atoms with Crippen LogP contribution in [0.2, 0.25) is 0 Å². The summed E-state index contributed by atoms with van der Waals surface area (Å²) in [6.45, 7) is 2.23. The van der Waals surface area contributed by atoms with Crippen LogP contribution in [0.5, 0.6) is 0 Å². The Morgan fingerprint density at radius 1 is 1.04 bits per heavy atom. The van der Waals surface area contributed by atoms with Crippen molar-refractivity contribution in [2.24, 2.45) is 0 Å². The number of carbonyl (C=O) groups excluding carboxylic acids is 2. The number of piperazine rings is 1. The van der Waals surface area contributed by atoms with Crippen LogP contribution in [0, 0.1) is 0 Å². The summed E-state index contributed by atoms with van der Waals surface area (Å²) < 4.78 is 5.24. The van der Waals surface area contributed by atoms with Crippen LogP contribution in [0.4, 0.5) is 0 Å². The maximum absolute atomic E-state index is 12.4. The second-order valence-electron chi connectivity index (χ2n) is 6.14. The topological polar surface area (TPSA) is 79.5 Å². The van der Waals surface area contributed by atoms with Crippen molar-refractivity contribution in [3.8, 4) is 10.7 Å². The Kier molecular flexibility index (Phi) is 5.30. The summed E-state index contributed by atoms with van der Waals surface area (Å²) in [5.74, 6) is 1.13. The first-order valence-electron chi connectivity index (χ1n) is 8.68. The molecule has 1 aliphatic rings. The van der Waals surface area contributed by atoms with Crippen LogP contribution in [0.3, 0.4) is 0 Å². The fourth-order valence-corrected chi connectivity index (χ4v) is 4.29. The molecule has 0 N–H and O–H groups in total. The first-order chi connectivity index (χ1) is 13.2. The van der Waals surface area contributed by atoms with E-state index in [-0.39, 0.29) is 11.8 Å². The average Bonchev–Trinajstić information content (AvgIpc) is 3.47. The summed E-state index contributed by atoms with van der Waals surface area (Å²) in [6, 6.07) is 7.57. The molecular formula is C18H18N4O3S2. The van der Waals surface area contributed by atoms with Crippen molar-refractivity contribution in [2.45, 2.75) is 12.8 Å². The average molecular weight is 403 g/mol. The van der Waals surface area contributed by atoms with Crippen LogP contribution >= 0.6 is 22.7 Å². The molecule has 0 unspecified atom stereocenters. The number of carbonyl (C=O) groups is 2. The maximum atomic E-state index is 12.4. The van der Waals surface area contributed by atoms with Gasteiger partial charge < -0.3 is 14.3 Å². The highest BCUT2D eigenvalue weighted by molar-refractivity contribution is 7.13. The summed E-state index contributed by atoms with van der Waals surface area (Å²) in [7, 11) is 0. The minimum atomic E-state index is 0.0454. The van der Waals surface area contributed by atoms with Gasteiger partial charge in [0.15, 0.2) is 0 Å². The first kappa shape index (κ1) is 17.9. The van der Waals surface area contributed by atoms with Gasteiger partial charge in [-0.15, -0.1) is 22.7 Å². The third kappa shape index (κ3) is 4.09. The Morgan fingerprint density at radius 3 is 2.48 bits per heavy atom. The Hall–Kier alpha value is -2.52. The molecule has 0 spiro atoms. The number of aryl methyl sites for hydroxylation is 1. The van der Waals surface area contributed by atoms with Gasteiger partial charge in [0.1, 0.15) is 0 Å². The van der Waals surface area contributed by atoms with Crippen LogP contribution < -0.4 is 0 Å². The van der Waals surface area contributed by atoms with E-state index in [1.54, 1.807) is 21.1 Å². The van der Waals surface area contributed by atoms with Crippen molar-refractivity contribution < 1.29 is 14.1 Å². The quantitative estimate of drug-likeness (QED) is 0.656. The Labute approximate surface area is 164 Å². The number of nitrogens with zero attached hydrogens (tertiary/aromatic N) is 4. The second-order valence-corrected chi connectivity index (χ2v) is 8.03. The molecule has 140 valence electrons. The summed E-state index contributed by atoms with van der Waals surface area (Å²) in [5.41, 5.74) is 0. The number of hydrogen-bond acceptors (Lipinski definition) is 7. The van der Waals surface area contributed by atoms with Crippen LogP contribution in [-0.4, -0.2) is 57.9 Å². The Morgan fingerprint density at radius 2 is 1.78 bits per heavy atom. The van der Waals surface area contributed by atoms with Crippen molar-refractivity contribution in [3.05, 3.63) is 45.8 Å². The van der Waals surface area contributed by atoms with Crippen LogP contribution in [-0.2, 0) is 11.2 Å². The minimum Gasteiger partial charge on any atom is -0.339 e. The minimum absolute atomic E-state index is 0.0454. The molecule has 27 heavy (non-hydrogen) atoms. The van der Waals surface area contributed by atoms with Crippen molar-refractivity contribution in [3.63, 3.8) is 0 Å². The molecule has 0 bridgehead atoms. The molecule has 4 rings (SSSR count). The summed E-state index contributed by atoms with van der Waals surface area (Å²) >= 11 is 2.99. The normalized spacial score (nSPS) is 14.5. The standard InChI is InChI=1S/C18H18N4O3S2/c23-16(6-5-15-19-17(20-25-15)13-3-1-11-26-13)21-7-9-22(10-8-21)18(24)14-4-2-12-27-14/h1-4,11-12H,5-10H2. The third-order valence-corrected chi connectivity index (χ3v) is 6.14. The monoisotopic (exact) mass is 402 g/mol. The van der Waals surface area contributed by atoms with E-state index in [1.807, 2.05) is 35.0 Å². The molecule has 3 aromatic rings. The van der Waals surface area contributed by atoms with E-state index in [4.69, 9.17) is 4.52 Å². The molecule has 0 radical (unpaired) electrons. The Bertz CT molecular complexity index is 897. The summed E-state index contributed by atoms with van der Waals surface area (Å²) in [5, 5.41) is 7.81. The van der Waals surface area contributed by atoms with E-state index in [1.165, 1.54) is 11.3 Å². The number of rotatable bonds is 5. The zero-order valence-corrected chi connectivity index (χ0v) is 16.2. The van der Waals surface area contributed by atoms with Crippen molar-refractivity contribution in [1.82, 2.24) is 19.9 Å². The zero-order valence-electron chi connectivity index (χ0n) is 14.5. The largest absolute Gasteiger partial charge is 0.339 e. The molecule has 1 saturated heterocycles. The van der Waals surface area contributed by atoms with Gasteiger partial charge in [0.25, 0.3) is 5.91 Å². The molecule has 3 aromatic heterocycles. The predicted molar refractivity (Wildman–Crippen MR) is 103 cm³/mol. The Balaban J connectivity index is 1.26. The van der Waals surface area contributed by atoms with E-state index >= 15 is 0 Å². The van der Waals surface area contributed by atoms with E-state index in [0.717, 1.165) is 9.75 Å². The van der Waals surface area contributed by atoms with Crippen molar-refractivity contribution in [2.75, 3.05) is 26.2 Å². The highest BCUT2D eigenvalue weighted by Crippen LogP contribution is 2.21. The predicted octanol–water partition coefficient (Wildman–Crippen LogP) is 2.78. The van der Waals surface area contributed by atoms with Crippen LogP contribution in [0.25, 0.3) is 10.7 Å². The van der Waals surface area contributed by atoms with Gasteiger partial charge in [-0.25, -0.2) is 0 Å². The van der Waals surface area contributed by atoms with Gasteiger partial charge in [-0.2, -0.15) is 4.98 Å². The van der Waals surface area contributed by atoms with Gasteiger partial charge in [-0.05, 0) is 22.9 Å². The van der Waals surface area contributed by atoms with E-state index in [2.05, 4.69) is 10.1 Å². The lowest BCUT2D eigenvalue weighted by molar-refractivity contribution is -0.132. The van der Waals surface area contributed by atoms with Gasteiger partial charge in [0.05, 0.1) is 9.75 Å². The van der Waals surface area contributed by atoms with Gasteiger partial charge in [-0.1, -0.05) is 17.3 Å². The maximum Gasteiger partial charge on any atom is 0.264 e. The zero-order chi connectivity index (χ0) is 18.6. The molecule has 9 heteroatoms. The van der Waals surface area contributed by atoms with E-state index in [9.17, 15) is 9.59 Å². The van der Waals surface area contributed by atoms with E-state index in [0.29, 0.717) is 50.7 Å². The molecule has 0 atom stereocenters. The lowest BCUT2D eigenvalue weighted by atomic mass is 10.2. The molecule has 0 aromatic carbocycles. The number of aromatic nitrogens is 2. The van der Waals surface area contributed by atoms with Crippen molar-refractivity contribution >= 4 is 34.5 Å². The lowest BCUT2D eigenvalue weighted by Crippen LogP contribution is -2.50. The lowest BCUT2D eigenvalue weighted by Gasteiger charge is -2.34. The number of amides is 2. The van der Waals surface area contributed by atoms with Gasteiger partial charge in [0, 0.05) is 39.0 Å². The second kappa shape index (κ2) is 8.01. The molecule has 0 aliphatic carbocycles. The fourth-order valence-electron chi connectivity index (χ4n) is 2.95. The summed E-state index contributed by atoms with van der Waals surface area (Å²) in [6.07, 6.45) is 0.747. The highest BCUT2D eigenvalue weighted by Gasteiger charge is 2.25. The SMILES string of the molecule is O=C(CCc1nc(-c2cccs2)no1)N1CCN(C(=O)c2cccs2)CC1. The molecular weight excluding hydrogens is 384 g/mol. The van der Waals surface area contributed by atoms with Gasteiger partial charge in [0.2, 0.25) is 17.6 Å². The molecule has 1 fully saturated rings. The van der Waals surface area contributed by atoms with Crippen LogP contribution in [0.1, 0.15) is 22.0 Å². The summed E-state index contributed by atoms with van der Waals surface area (Å²) in [4.78, 5) is 34.4. The van der Waals surface area contributed by atoms with Gasteiger partial charge in [-0.3, -0.25) is 9.59 Å². The fraction of sp³-hybridized carbons (Fsp3) is 0.333. The van der Waals surface area contributed by atoms with Crippen molar-refractivity contribution in [1.29, 1.82) is 0 Å². The van der Waals surface area contributed by atoms with Crippen LogP contribution in [0.15, 0.2) is 39.5 Å². The van der Waals surface area contributed by atoms with Gasteiger partial charge >= 0.3 is 0 Å². The molecule has 1 aliphatic heterocycles. The number of thiophene rings is 2. The molecule has 4 heterocycles. The molecule has 2 amide bonds. The first-order valence-corrected chi connectivity index (χ1v) is 10.4. The molecule has 7 nitrogen and oxygen atoms in total. The van der Waals surface area contributed by atoms with E-state index < -0.39 is 0 Å². The number of hydrogen-bond donors (Lipinski definition) is 0. The highest BCUT2D eigenvalue weighted by atomic mass is 32.1. The molecule has 0 saturated carbocycles. The smallest absolute Gasteiger partial charge is 0.264 e.